The summed E-state index contributed by atoms with van der Waals surface area (Å²) in [7, 11) is 1.67. The first kappa shape index (κ1) is 69.1. The van der Waals surface area contributed by atoms with Crippen molar-refractivity contribution in [1.82, 2.24) is 23.9 Å². The summed E-state index contributed by atoms with van der Waals surface area (Å²) < 4.78 is 13.0. The molecule has 7 aromatic heterocycles. The highest BCUT2D eigenvalue weighted by Crippen LogP contribution is 2.35. The van der Waals surface area contributed by atoms with E-state index >= 15 is 0 Å². The van der Waals surface area contributed by atoms with E-state index in [-0.39, 0.29) is 67.7 Å². The highest BCUT2D eigenvalue weighted by Gasteiger charge is 2.33. The fraction of sp³-hybridized carbons (Fsp3) is 0.164. The van der Waals surface area contributed by atoms with E-state index in [1.165, 1.54) is 38.8 Å². The van der Waals surface area contributed by atoms with Gasteiger partial charge in [0.1, 0.15) is 28.5 Å². The third kappa shape index (κ3) is 14.0. The Morgan fingerprint density at radius 2 is 1.20 bits per heavy atom. The standard InChI is InChI=1S/C15H15N3O2.C14H10O2.C10H9NO2.C10H8O3.C10H8O2S.C8H8N2O.C6H9NOS2/c1-9-10(2)14(19)17(3)13-12(9)15(20)18(16-13)11-7-5-4-6-8-11;1-8-13(15)10-6-2-4-9-5-3-7-11(12(9)10)14(8)16;1-6-9(12)7-4-2-3-5-8(7)11-10(6)13;2*1-6-9(11)7-4-2-3-5-8(7)13-10(6)12;1-6-8(11)10-5-3-2-4-7(10)9-6;1-3-7-4(2)5(8)10-6(7)9/h4-8,16H,1-3H3;2-7,15H,1H3;2-5H,1H3,(H2,11,12,13);2-5,11H,1H3;2-5,12H,1H3;2-6H,1H3;8H,3H2,1-2H3/p+1. The van der Waals surface area contributed by atoms with Crippen LogP contribution in [0.25, 0.3) is 65.2 Å². The van der Waals surface area contributed by atoms with Gasteiger partial charge < -0.3 is 39.5 Å². The molecule has 0 saturated carbocycles. The SMILES string of the molecule is CC1=C(O)c2cccc3cccc(c23)C1=O.CC1Nc2cccc[n+]2C1=O.CCn1c(C)c(O)sc1=S.Cc1c(C)c2c(=O)n(-c3ccccc3)[nH]c2n(C)c1=O.Cc1c(O)c2ccccc2[nH]c1=O.Cc1c(O)c2ccccc2oc1=O.Cc1c(O)sc2ccccc2c1=O. The number of pyridine rings is 3. The lowest BCUT2D eigenvalue weighted by atomic mass is 9.87. The number of aliphatic hydroxyl groups is 1. The number of para-hydroxylation sites is 3. The Labute approximate surface area is 561 Å². The van der Waals surface area contributed by atoms with Crippen LogP contribution in [0.4, 0.5) is 5.82 Å². The van der Waals surface area contributed by atoms with Gasteiger partial charge in [-0.2, -0.15) is 4.57 Å². The van der Waals surface area contributed by atoms with Crippen molar-refractivity contribution in [2.45, 2.75) is 74.9 Å². The second-order valence-corrected chi connectivity index (χ2v) is 24.9. The number of hydrogen-bond acceptors (Lipinski definition) is 17. The smallest absolute Gasteiger partial charge is 0.358 e. The number of anilines is 1. The van der Waals surface area contributed by atoms with Crippen LogP contribution in [0.5, 0.6) is 21.6 Å². The maximum atomic E-state index is 12.6. The quantitative estimate of drug-likeness (QED) is 0.0453. The van der Waals surface area contributed by atoms with Gasteiger partial charge in [-0.3, -0.25) is 39.0 Å². The lowest BCUT2D eigenvalue weighted by Crippen LogP contribution is -2.41. The molecule has 0 fully saturated rings. The van der Waals surface area contributed by atoms with Crippen LogP contribution in [-0.4, -0.2) is 67.2 Å². The summed E-state index contributed by atoms with van der Waals surface area (Å²) in [5, 5.41) is 58.7. The first-order valence-corrected chi connectivity index (χ1v) is 32.1. The summed E-state index contributed by atoms with van der Waals surface area (Å²) in [5.41, 5.74) is 6.46. The predicted molar refractivity (Wildman–Crippen MR) is 382 cm³/mol. The van der Waals surface area contributed by atoms with Gasteiger partial charge in [-0.1, -0.05) is 120 Å². The van der Waals surface area contributed by atoms with Crippen LogP contribution in [0.2, 0.25) is 0 Å². The van der Waals surface area contributed by atoms with Gasteiger partial charge in [-0.15, -0.1) is 0 Å². The number of aromatic amines is 2. The number of benzene rings is 6. The normalized spacial score (nSPS) is 12.5. The molecule has 0 radical (unpaired) electrons. The van der Waals surface area contributed by atoms with Gasteiger partial charge in [0, 0.05) is 68.3 Å². The number of nitrogens with one attached hydrogen (secondary N) is 3. The molecule has 0 saturated heterocycles. The van der Waals surface area contributed by atoms with Crippen LogP contribution in [0.1, 0.15) is 75.0 Å². The molecule has 6 aromatic carbocycles. The second-order valence-electron chi connectivity index (χ2n) is 22.3. The molecule has 0 amide bonds. The number of H-pyrrole nitrogens is 2. The van der Waals surface area contributed by atoms with Crippen LogP contribution in [0.3, 0.4) is 0 Å². The Hall–Kier alpha value is -11.3. The zero-order chi connectivity index (χ0) is 69.6. The van der Waals surface area contributed by atoms with Gasteiger partial charge in [0.05, 0.1) is 45.0 Å². The van der Waals surface area contributed by atoms with Crippen molar-refractivity contribution in [3.05, 3.63) is 270 Å². The number of nitrogens with zero attached hydrogens (tertiary/aromatic N) is 4. The van der Waals surface area contributed by atoms with Crippen molar-refractivity contribution in [2.24, 2.45) is 7.05 Å². The zero-order valence-corrected chi connectivity index (χ0v) is 56.3. The van der Waals surface area contributed by atoms with E-state index in [1.807, 2.05) is 148 Å². The van der Waals surface area contributed by atoms with Gasteiger partial charge in [0.25, 0.3) is 22.5 Å². The average molecular weight is 1350 g/mol. The maximum Gasteiger partial charge on any atom is 0.358 e. The molecule has 23 heteroatoms. The maximum absolute atomic E-state index is 12.6. The largest absolute Gasteiger partial charge is 0.507 e. The number of aromatic nitrogens is 6. The number of carbonyl (C=O) groups excluding carboxylic acids is 2. The van der Waals surface area contributed by atoms with Crippen molar-refractivity contribution < 1.29 is 44.1 Å². The minimum Gasteiger partial charge on any atom is -0.507 e. The monoisotopic (exact) mass is 1350 g/mol. The Bertz CT molecular complexity index is 5490. The first-order valence-electron chi connectivity index (χ1n) is 30.0. The summed E-state index contributed by atoms with van der Waals surface area (Å²) in [5.74, 6) is 1.09. The fourth-order valence-corrected chi connectivity index (χ4v) is 12.7. The number of Topliss-reactive ketones (excluding diaryl/α,β-unsaturated/α-hetero) is 1. The highest BCUT2D eigenvalue weighted by atomic mass is 32.1. The van der Waals surface area contributed by atoms with E-state index in [1.54, 1.807) is 88.0 Å². The van der Waals surface area contributed by atoms with Gasteiger partial charge in [0.2, 0.25) is 0 Å². The Kier molecular flexibility index (Phi) is 21.1. The molecule has 8 heterocycles. The number of rotatable bonds is 2. The van der Waals surface area contributed by atoms with Crippen LogP contribution >= 0.6 is 34.9 Å². The van der Waals surface area contributed by atoms with E-state index in [9.17, 15) is 59.1 Å². The topological polar surface area (TPSA) is 296 Å². The fourth-order valence-electron chi connectivity index (χ4n) is 10.6. The Morgan fingerprint density at radius 3 is 1.84 bits per heavy atom. The Morgan fingerprint density at radius 1 is 0.594 bits per heavy atom. The molecule has 0 bridgehead atoms. The highest BCUT2D eigenvalue weighted by molar-refractivity contribution is 7.73. The molecule has 1 aliphatic carbocycles. The number of carbonyl (C=O) groups is 2. The van der Waals surface area contributed by atoms with Crippen LogP contribution in [-0.2, 0) is 13.6 Å². The summed E-state index contributed by atoms with van der Waals surface area (Å²) in [4.78, 5) is 84.6. The summed E-state index contributed by atoms with van der Waals surface area (Å²) >= 11 is 7.47. The molecule has 96 heavy (non-hydrogen) atoms. The zero-order valence-electron chi connectivity index (χ0n) is 53.9. The molecule has 0 spiro atoms. The van der Waals surface area contributed by atoms with Crippen LogP contribution in [0.15, 0.2) is 198 Å². The van der Waals surface area contributed by atoms with Gasteiger partial charge >= 0.3 is 11.5 Å². The summed E-state index contributed by atoms with van der Waals surface area (Å²) in [6.07, 6.45) is 1.77. The number of aliphatic hydroxyl groups excluding tert-OH is 1. The van der Waals surface area contributed by atoms with Crippen molar-refractivity contribution >= 4 is 112 Å². The van der Waals surface area contributed by atoms with E-state index in [0.717, 1.165) is 54.3 Å². The number of hydrogen-bond donors (Lipinski definition) is 8. The lowest BCUT2D eigenvalue weighted by Gasteiger charge is -2.17. The number of aromatic hydroxyl groups is 4. The lowest BCUT2D eigenvalue weighted by molar-refractivity contribution is -0.552. The number of ketones is 1. The second kappa shape index (κ2) is 29.4. The van der Waals surface area contributed by atoms with Crippen molar-refractivity contribution in [1.29, 1.82) is 0 Å². The molecular weight excluding hydrogens is 1280 g/mol. The minimum absolute atomic E-state index is 0.00634. The number of thiazole rings is 1. The molecule has 15 rings (SSSR count). The third-order valence-corrected chi connectivity index (χ3v) is 18.7. The number of fused-ring (bicyclic) bond motifs is 5. The minimum atomic E-state index is -0.490. The first-order chi connectivity index (χ1) is 45.8. The average Bonchev–Trinajstić information content (AvgIpc) is 1.54. The predicted octanol–water partition coefficient (Wildman–Crippen LogP) is 13.3. The van der Waals surface area contributed by atoms with E-state index < -0.39 is 5.63 Å². The van der Waals surface area contributed by atoms with Crippen molar-refractivity contribution in [3.63, 3.8) is 0 Å². The van der Waals surface area contributed by atoms with Crippen LogP contribution < -0.4 is 37.6 Å². The molecule has 1 atom stereocenters. The molecule has 2 aliphatic rings. The van der Waals surface area contributed by atoms with Gasteiger partial charge in [-0.05, 0) is 140 Å². The van der Waals surface area contributed by atoms with Gasteiger partial charge in [-0.25, -0.2) is 14.3 Å². The molecular formula is C73H68N7O13S3+. The molecule has 8 N–H and O–H groups in total. The molecule has 1 unspecified atom stereocenters. The molecule has 20 nitrogen and oxygen atoms in total. The molecule has 490 valence electrons. The molecule has 1 aliphatic heterocycles. The third-order valence-electron chi connectivity index (χ3n) is 16.3. The molecule has 13 aromatic rings. The summed E-state index contributed by atoms with van der Waals surface area (Å²) in [6, 6.07) is 47.5. The van der Waals surface area contributed by atoms with Crippen molar-refractivity contribution in [2.75, 3.05) is 5.32 Å². The van der Waals surface area contributed by atoms with E-state index in [0.29, 0.717) is 71.2 Å². The number of aryl methyl sites for hydroxylation is 2. The Balaban J connectivity index is 0.000000133. The number of allylic oxidation sites excluding steroid dienone is 1. The van der Waals surface area contributed by atoms with Crippen LogP contribution in [0, 0.1) is 45.5 Å². The van der Waals surface area contributed by atoms with E-state index in [2.05, 4.69) is 15.4 Å². The van der Waals surface area contributed by atoms with Gasteiger partial charge in [0.15, 0.2) is 31.3 Å². The summed E-state index contributed by atoms with van der Waals surface area (Å²) in [6.45, 7) is 16.6. The van der Waals surface area contributed by atoms with E-state index in [4.69, 9.17) is 16.6 Å². The van der Waals surface area contributed by atoms with Crippen molar-refractivity contribution in [3.8, 4) is 27.3 Å².